The molecule has 1 N–H and O–H groups in total. The molecule has 0 amide bonds. The van der Waals surface area contributed by atoms with E-state index in [0.29, 0.717) is 0 Å². The summed E-state index contributed by atoms with van der Waals surface area (Å²) in [6, 6.07) is 0. The van der Waals surface area contributed by atoms with Gasteiger partial charge in [0.1, 0.15) is 6.61 Å². The van der Waals surface area contributed by atoms with E-state index < -0.39 is 32.5 Å². The quantitative estimate of drug-likeness (QED) is 0.283. The molecule has 0 saturated heterocycles. The van der Waals surface area contributed by atoms with E-state index in [1.807, 2.05) is 0 Å². The molecule has 24 heavy (non-hydrogen) atoms. The second-order valence-corrected chi connectivity index (χ2v) is 6.71. The average molecular weight is 368 g/mol. The van der Waals surface area contributed by atoms with Crippen LogP contribution in [0.3, 0.4) is 0 Å². The molecule has 142 valence electrons. The van der Waals surface area contributed by atoms with Crippen LogP contribution >= 0.6 is 7.82 Å². The molecule has 0 bridgehead atoms. The Hall–Kier alpha value is -0.950. The zero-order valence-corrected chi connectivity index (χ0v) is 15.6. The van der Waals surface area contributed by atoms with Gasteiger partial charge < -0.3 is 14.4 Å². The molecule has 0 rings (SSSR count). The number of carbonyl (C=O) groups excluding carboxylic acids is 2. The van der Waals surface area contributed by atoms with Crippen molar-refractivity contribution < 1.29 is 37.6 Å². The van der Waals surface area contributed by atoms with Crippen molar-refractivity contribution in [1.29, 1.82) is 0 Å². The lowest BCUT2D eigenvalue weighted by Crippen LogP contribution is -2.28. The first-order valence-corrected chi connectivity index (χ1v) is 9.75. The van der Waals surface area contributed by atoms with E-state index in [0.717, 1.165) is 32.1 Å². The lowest BCUT2D eigenvalue weighted by atomic mass is 10.1. The van der Waals surface area contributed by atoms with Crippen LogP contribution in [0, 0.1) is 0 Å². The minimum absolute atomic E-state index is 0.000965. The first-order chi connectivity index (χ1) is 11.3. The highest BCUT2D eigenvalue weighted by Crippen LogP contribution is 2.43. The summed E-state index contributed by atoms with van der Waals surface area (Å²) in [7, 11) is -4.20. The molecule has 0 radical (unpaired) electrons. The van der Waals surface area contributed by atoms with E-state index >= 15 is 0 Å². The van der Waals surface area contributed by atoms with Crippen LogP contribution in [0.15, 0.2) is 0 Å². The molecule has 0 aromatic rings. The Morgan fingerprint density at radius 1 is 1.04 bits per heavy atom. The van der Waals surface area contributed by atoms with Gasteiger partial charge in [0, 0.05) is 13.3 Å². The summed E-state index contributed by atoms with van der Waals surface area (Å²) in [6.45, 7) is 4.19. The number of hydrogen-bond donors (Lipinski definition) is 1. The molecule has 0 saturated carbocycles. The highest BCUT2D eigenvalue weighted by atomic mass is 31.2. The van der Waals surface area contributed by atoms with Gasteiger partial charge in [-0.05, 0) is 13.3 Å². The molecule has 0 aliphatic carbocycles. The van der Waals surface area contributed by atoms with Gasteiger partial charge in [0.25, 0.3) is 0 Å². The van der Waals surface area contributed by atoms with Crippen molar-refractivity contribution in [3.63, 3.8) is 0 Å². The van der Waals surface area contributed by atoms with E-state index in [-0.39, 0.29) is 19.6 Å². The highest BCUT2D eigenvalue weighted by molar-refractivity contribution is 7.47. The van der Waals surface area contributed by atoms with Crippen LogP contribution in [0.5, 0.6) is 0 Å². The summed E-state index contributed by atoms with van der Waals surface area (Å²) in [4.78, 5) is 32.0. The van der Waals surface area contributed by atoms with Crippen LogP contribution in [-0.4, -0.2) is 42.8 Å². The fourth-order valence-electron chi connectivity index (χ4n) is 1.86. The van der Waals surface area contributed by atoms with Gasteiger partial charge in [-0.1, -0.05) is 32.6 Å². The van der Waals surface area contributed by atoms with Crippen LogP contribution in [0.2, 0.25) is 0 Å². The molecule has 0 aliphatic heterocycles. The molecule has 0 aromatic carbocycles. The van der Waals surface area contributed by atoms with Gasteiger partial charge in [0.05, 0.1) is 13.2 Å². The molecule has 9 heteroatoms. The van der Waals surface area contributed by atoms with Gasteiger partial charge >= 0.3 is 19.8 Å². The number of carbonyl (C=O) groups is 2. The Morgan fingerprint density at radius 2 is 1.71 bits per heavy atom. The molecule has 0 aliphatic rings. The fraction of sp³-hybridized carbons (Fsp3) is 0.867. The summed E-state index contributed by atoms with van der Waals surface area (Å²) >= 11 is 0. The van der Waals surface area contributed by atoms with Crippen LogP contribution in [-0.2, 0) is 32.7 Å². The first kappa shape index (κ1) is 23.1. The average Bonchev–Trinajstić information content (AvgIpc) is 2.49. The van der Waals surface area contributed by atoms with Crippen molar-refractivity contribution in [3.8, 4) is 0 Å². The minimum atomic E-state index is -4.20. The van der Waals surface area contributed by atoms with Gasteiger partial charge in [0.15, 0.2) is 6.10 Å². The third-order valence-electron chi connectivity index (χ3n) is 2.96. The lowest BCUT2D eigenvalue weighted by Gasteiger charge is -2.18. The predicted molar refractivity (Wildman–Crippen MR) is 87.3 cm³/mol. The molecule has 0 aromatic heterocycles. The third-order valence-corrected chi connectivity index (χ3v) is 4.02. The number of hydrogen-bond acceptors (Lipinski definition) is 7. The highest BCUT2D eigenvalue weighted by Gasteiger charge is 2.24. The molecular weight excluding hydrogens is 339 g/mol. The number of rotatable bonds is 14. The van der Waals surface area contributed by atoms with Gasteiger partial charge in [-0.2, -0.15) is 0 Å². The fourth-order valence-corrected chi connectivity index (χ4v) is 2.62. The van der Waals surface area contributed by atoms with E-state index in [4.69, 9.17) is 14.0 Å². The summed E-state index contributed by atoms with van der Waals surface area (Å²) in [5.74, 6) is -1.01. The predicted octanol–water partition coefficient (Wildman–Crippen LogP) is 2.98. The zero-order chi connectivity index (χ0) is 18.4. The van der Waals surface area contributed by atoms with Crippen molar-refractivity contribution in [2.45, 2.75) is 65.4 Å². The zero-order valence-electron chi connectivity index (χ0n) is 14.7. The Balaban J connectivity index is 4.16. The summed E-state index contributed by atoms with van der Waals surface area (Å²) < 4.78 is 30.6. The van der Waals surface area contributed by atoms with Gasteiger partial charge in [-0.25, -0.2) is 4.57 Å². The van der Waals surface area contributed by atoms with E-state index in [2.05, 4.69) is 11.4 Å². The van der Waals surface area contributed by atoms with Crippen molar-refractivity contribution in [2.75, 3.05) is 19.8 Å². The van der Waals surface area contributed by atoms with Gasteiger partial charge in [0.2, 0.25) is 0 Å². The van der Waals surface area contributed by atoms with Crippen molar-refractivity contribution in [2.24, 2.45) is 0 Å². The molecule has 0 heterocycles. The van der Waals surface area contributed by atoms with Crippen molar-refractivity contribution >= 4 is 19.8 Å². The maximum absolute atomic E-state index is 11.6. The minimum Gasteiger partial charge on any atom is -0.462 e. The smallest absolute Gasteiger partial charge is 0.462 e. The largest absolute Gasteiger partial charge is 0.472 e. The van der Waals surface area contributed by atoms with Crippen LogP contribution in [0.25, 0.3) is 0 Å². The number of unbranched alkanes of at least 4 members (excludes halogenated alkanes) is 4. The van der Waals surface area contributed by atoms with E-state index in [9.17, 15) is 19.0 Å². The number of phosphoric ester groups is 1. The maximum atomic E-state index is 11.6. The Morgan fingerprint density at radius 3 is 2.29 bits per heavy atom. The summed E-state index contributed by atoms with van der Waals surface area (Å²) in [6.07, 6.45) is 4.37. The molecule has 0 fully saturated rings. The van der Waals surface area contributed by atoms with Gasteiger partial charge in [-0.3, -0.25) is 18.6 Å². The third kappa shape index (κ3) is 13.5. The Labute approximate surface area is 143 Å². The number of ether oxygens (including phenoxy) is 2. The second-order valence-electron chi connectivity index (χ2n) is 5.26. The van der Waals surface area contributed by atoms with Gasteiger partial charge in [-0.15, -0.1) is 0 Å². The second kappa shape index (κ2) is 13.4. The van der Waals surface area contributed by atoms with Crippen LogP contribution in [0.1, 0.15) is 59.3 Å². The van der Waals surface area contributed by atoms with Crippen molar-refractivity contribution in [3.05, 3.63) is 0 Å². The molecule has 0 spiro atoms. The van der Waals surface area contributed by atoms with Crippen LogP contribution < -0.4 is 0 Å². The van der Waals surface area contributed by atoms with E-state index in [1.165, 1.54) is 13.8 Å². The topological polar surface area (TPSA) is 108 Å². The Bertz CT molecular complexity index is 412. The monoisotopic (exact) mass is 368 g/mol. The standard InChI is InChI=1S/C15H29O8P/c1-4-6-7-8-9-10-15(17)20-11-14(23-13(3)16)12-22-24(18,19)21-5-2/h14H,4-12H2,1-3H3,(H,18,19)/t14-/m1/s1. The molecular formula is C15H29O8P. The first-order valence-electron chi connectivity index (χ1n) is 8.25. The summed E-state index contributed by atoms with van der Waals surface area (Å²) in [5, 5.41) is 0. The normalized spacial score (nSPS) is 14.7. The Kier molecular flexibility index (Phi) is 12.8. The van der Waals surface area contributed by atoms with Crippen molar-refractivity contribution in [1.82, 2.24) is 0 Å². The number of phosphoric acid groups is 1. The summed E-state index contributed by atoms with van der Waals surface area (Å²) in [5.41, 5.74) is 0. The maximum Gasteiger partial charge on any atom is 0.472 e. The molecule has 2 atom stereocenters. The lowest BCUT2D eigenvalue weighted by molar-refractivity contribution is -0.159. The molecule has 1 unspecified atom stereocenters. The number of esters is 2. The van der Waals surface area contributed by atoms with Crippen LogP contribution in [0.4, 0.5) is 0 Å². The van der Waals surface area contributed by atoms with E-state index in [1.54, 1.807) is 0 Å². The SMILES string of the molecule is CCCCCCCC(=O)OC[C@H](COP(=O)(O)OCC)OC(C)=O. The molecule has 8 nitrogen and oxygen atoms in total.